The average Bonchev–Trinajstić information content (AvgIpc) is 3.95. The van der Waals surface area contributed by atoms with Gasteiger partial charge in [-0.05, 0) is 56.0 Å². The quantitative estimate of drug-likeness (QED) is 0.209. The van der Waals surface area contributed by atoms with E-state index in [4.69, 9.17) is 43.4 Å². The minimum Gasteiger partial charge on any atom is -0.494 e. The zero-order valence-corrected chi connectivity index (χ0v) is 26.3. The molecular formula is C32H29Cl2F2N5O5. The summed E-state index contributed by atoms with van der Waals surface area (Å²) in [6, 6.07) is 7.32. The molecule has 2 amide bonds. The van der Waals surface area contributed by atoms with Crippen molar-refractivity contribution in [2.75, 3.05) is 20.3 Å². The maximum atomic E-state index is 14.7. The van der Waals surface area contributed by atoms with Gasteiger partial charge in [0.25, 0.3) is 5.91 Å². The van der Waals surface area contributed by atoms with Crippen molar-refractivity contribution in [1.29, 1.82) is 0 Å². The molecule has 14 heteroatoms. The van der Waals surface area contributed by atoms with Gasteiger partial charge in [-0.3, -0.25) is 9.59 Å². The van der Waals surface area contributed by atoms with E-state index >= 15 is 0 Å². The molecule has 2 atom stereocenters. The number of aliphatic hydroxyl groups is 1. The summed E-state index contributed by atoms with van der Waals surface area (Å²) in [6.45, 7) is 1.30. The Morgan fingerprint density at radius 3 is 2.52 bits per heavy atom. The summed E-state index contributed by atoms with van der Waals surface area (Å²) in [6.07, 6.45) is 3.58. The summed E-state index contributed by atoms with van der Waals surface area (Å²) < 4.78 is 41.7. The Morgan fingerprint density at radius 1 is 1.22 bits per heavy atom. The summed E-state index contributed by atoms with van der Waals surface area (Å²) >= 11 is 12.2. The van der Waals surface area contributed by atoms with Gasteiger partial charge >= 0.3 is 0 Å². The molecule has 2 aromatic carbocycles. The summed E-state index contributed by atoms with van der Waals surface area (Å²) in [4.78, 5) is 30.9. The average molecular weight is 673 g/mol. The Balaban J connectivity index is 1.27. The molecule has 2 aliphatic carbocycles. The van der Waals surface area contributed by atoms with Crippen molar-refractivity contribution in [2.45, 2.75) is 49.4 Å². The molecule has 1 unspecified atom stereocenters. The number of ether oxygens (including phenoxy) is 2. The van der Waals surface area contributed by atoms with Crippen LogP contribution in [0.25, 0.3) is 22.2 Å². The van der Waals surface area contributed by atoms with E-state index in [1.54, 1.807) is 25.3 Å². The van der Waals surface area contributed by atoms with Gasteiger partial charge in [-0.15, -0.1) is 0 Å². The number of nitrogens with two attached hydrogens (primary N) is 1. The van der Waals surface area contributed by atoms with Crippen molar-refractivity contribution in [1.82, 2.24) is 20.1 Å². The van der Waals surface area contributed by atoms with Crippen molar-refractivity contribution in [3.8, 4) is 22.8 Å². The topological polar surface area (TPSA) is 142 Å². The van der Waals surface area contributed by atoms with Crippen LogP contribution < -0.4 is 20.5 Å². The highest BCUT2D eigenvalue weighted by molar-refractivity contribution is 6.35. The monoisotopic (exact) mass is 671 g/mol. The lowest BCUT2D eigenvalue weighted by Crippen LogP contribution is -2.44. The van der Waals surface area contributed by atoms with Gasteiger partial charge in [-0.2, -0.15) is 5.10 Å². The highest BCUT2D eigenvalue weighted by Crippen LogP contribution is 2.50. The number of pyridine rings is 1. The number of alkyl halides is 1. The van der Waals surface area contributed by atoms with Crippen LogP contribution in [0.5, 0.6) is 11.5 Å². The van der Waals surface area contributed by atoms with Crippen molar-refractivity contribution in [3.05, 3.63) is 69.2 Å². The number of methoxy groups -OCH3 is 1. The van der Waals surface area contributed by atoms with Crippen LogP contribution in [-0.2, 0) is 21.6 Å². The van der Waals surface area contributed by atoms with Gasteiger partial charge < -0.3 is 25.6 Å². The normalized spacial score (nSPS) is 20.9. The third-order valence-electron chi connectivity index (χ3n) is 9.22. The predicted molar refractivity (Wildman–Crippen MR) is 165 cm³/mol. The maximum absolute atomic E-state index is 14.7. The van der Waals surface area contributed by atoms with Crippen molar-refractivity contribution >= 4 is 45.9 Å². The summed E-state index contributed by atoms with van der Waals surface area (Å²) in [5, 5.41) is 19.4. The fraction of sp³-hybridized carbons (Fsp3) is 0.375. The Labute approximate surface area is 271 Å². The summed E-state index contributed by atoms with van der Waals surface area (Å²) in [5.74, 6) is -3.25. The van der Waals surface area contributed by atoms with Gasteiger partial charge in [-0.1, -0.05) is 23.2 Å². The van der Waals surface area contributed by atoms with E-state index in [9.17, 15) is 23.5 Å². The summed E-state index contributed by atoms with van der Waals surface area (Å²) in [7, 11) is 1.44. The second kappa shape index (κ2) is 10.5. The molecule has 3 heterocycles. The molecule has 2 aromatic heterocycles. The lowest BCUT2D eigenvalue weighted by Gasteiger charge is -2.30. The van der Waals surface area contributed by atoms with E-state index in [2.05, 4.69) is 10.4 Å². The minimum atomic E-state index is -1.68. The van der Waals surface area contributed by atoms with Crippen molar-refractivity contribution < 1.29 is 33.0 Å². The molecule has 3 aliphatic rings. The third-order valence-corrected chi connectivity index (χ3v) is 9.77. The second-order valence-corrected chi connectivity index (χ2v) is 13.3. The van der Waals surface area contributed by atoms with E-state index in [0.717, 1.165) is 0 Å². The number of carbonyl (C=O) groups excluding carboxylic acids is 2. The molecule has 10 nitrogen and oxygen atoms in total. The van der Waals surface area contributed by atoms with Crippen LogP contribution in [0.3, 0.4) is 0 Å². The Kier molecular flexibility index (Phi) is 7.00. The Bertz CT molecular complexity index is 1940. The number of rotatable bonds is 9. The van der Waals surface area contributed by atoms with Crippen LogP contribution in [0.4, 0.5) is 8.78 Å². The molecule has 4 aromatic rings. The number of amides is 2. The van der Waals surface area contributed by atoms with E-state index in [0.29, 0.717) is 53.5 Å². The maximum Gasteiger partial charge on any atom is 0.251 e. The fourth-order valence-electron chi connectivity index (χ4n) is 5.95. The van der Waals surface area contributed by atoms with Crippen LogP contribution in [-0.4, -0.2) is 51.9 Å². The van der Waals surface area contributed by atoms with Crippen LogP contribution in [0.15, 0.2) is 36.5 Å². The first kappa shape index (κ1) is 30.6. The first-order valence-electron chi connectivity index (χ1n) is 14.7. The molecule has 0 saturated heterocycles. The van der Waals surface area contributed by atoms with Gasteiger partial charge in [0.05, 0.1) is 29.4 Å². The van der Waals surface area contributed by atoms with Gasteiger partial charge in [0.15, 0.2) is 5.82 Å². The molecule has 4 N–H and O–H groups in total. The predicted octanol–water partition coefficient (Wildman–Crippen LogP) is 5.13. The minimum absolute atomic E-state index is 0.0819. The van der Waals surface area contributed by atoms with Crippen LogP contribution >= 0.6 is 23.2 Å². The molecule has 240 valence electrons. The lowest BCUT2D eigenvalue weighted by molar-refractivity contribution is -0.123. The van der Waals surface area contributed by atoms with Crippen LogP contribution in [0.1, 0.15) is 54.2 Å². The van der Waals surface area contributed by atoms with Crippen LogP contribution in [0.2, 0.25) is 10.0 Å². The smallest absolute Gasteiger partial charge is 0.251 e. The second-order valence-electron chi connectivity index (χ2n) is 12.5. The number of fused-ring (bicyclic) bond motifs is 2. The molecular weight excluding hydrogens is 643 g/mol. The first-order chi connectivity index (χ1) is 21.8. The molecule has 0 spiro atoms. The number of nitrogens with zero attached hydrogens (tertiary/aromatic N) is 3. The number of halogens is 4. The molecule has 46 heavy (non-hydrogen) atoms. The van der Waals surface area contributed by atoms with Gasteiger partial charge in [0.1, 0.15) is 40.3 Å². The SMILES string of the molecule is COc1cc(C(=O)NCC(O)(c2cc3c(c(-c4cc(Cl)c(F)c(Cl)c4)n2)OC[C@]3(C)C(N)=O)C2CC2)cc2cn(C3(F)CC3)nc12. The highest BCUT2D eigenvalue weighted by Gasteiger charge is 2.50. The van der Waals surface area contributed by atoms with E-state index in [1.165, 1.54) is 30.0 Å². The fourth-order valence-corrected chi connectivity index (χ4v) is 6.43. The third kappa shape index (κ3) is 4.85. The Hall–Kier alpha value is -4.00. The van der Waals surface area contributed by atoms with E-state index < -0.39 is 34.4 Å². The molecule has 2 fully saturated rings. The number of carbonyl (C=O) groups is 2. The van der Waals surface area contributed by atoms with Crippen molar-refractivity contribution in [3.63, 3.8) is 0 Å². The van der Waals surface area contributed by atoms with Gasteiger partial charge in [0.2, 0.25) is 11.7 Å². The largest absolute Gasteiger partial charge is 0.494 e. The number of nitrogens with one attached hydrogen (secondary N) is 1. The first-order valence-corrected chi connectivity index (χ1v) is 15.4. The van der Waals surface area contributed by atoms with Gasteiger partial charge in [0, 0.05) is 41.1 Å². The van der Waals surface area contributed by atoms with E-state index in [1.807, 2.05) is 0 Å². The molecule has 1 aliphatic heterocycles. The zero-order valence-electron chi connectivity index (χ0n) is 24.8. The molecule has 0 bridgehead atoms. The number of hydrogen-bond acceptors (Lipinski definition) is 7. The Morgan fingerprint density at radius 2 is 1.91 bits per heavy atom. The summed E-state index contributed by atoms with van der Waals surface area (Å²) in [5.41, 5.74) is 4.52. The lowest BCUT2D eigenvalue weighted by atomic mass is 9.81. The molecule has 7 rings (SSSR count). The van der Waals surface area contributed by atoms with Crippen molar-refractivity contribution in [2.24, 2.45) is 11.7 Å². The van der Waals surface area contributed by atoms with Crippen LogP contribution in [0, 0.1) is 11.7 Å². The number of aromatic nitrogens is 3. The number of benzene rings is 2. The standard InChI is InChI=1S/C32H29Cl2F2N5O5/c1-30(29(37)43)14-46-27-19(30)11-23(39-26(27)15-8-20(33)24(35)21(34)9-15)32(44,18-3-4-18)13-38-28(42)16-7-17-12-41(31(36)5-6-31)40-25(17)22(10-16)45-2/h7-12,18,44H,3-6,13-14H2,1-2H3,(H2,37,43)(H,38,42)/t30-,32?/m0/s1. The molecule has 0 radical (unpaired) electrons. The highest BCUT2D eigenvalue weighted by atomic mass is 35.5. The zero-order chi connectivity index (χ0) is 32.8. The number of primary amides is 1. The van der Waals surface area contributed by atoms with Gasteiger partial charge in [-0.25, -0.2) is 18.4 Å². The molecule has 2 saturated carbocycles. The number of hydrogen-bond donors (Lipinski definition) is 3. The van der Waals surface area contributed by atoms with E-state index in [-0.39, 0.29) is 51.8 Å².